The Bertz CT molecular complexity index is 250. The summed E-state index contributed by atoms with van der Waals surface area (Å²) in [5.74, 6) is 0.292. The molecule has 12 heavy (non-hydrogen) atoms. The molecule has 0 N–H and O–H groups in total. The molecular formula is C7H10Cl2N2O. The van der Waals surface area contributed by atoms with E-state index in [1.54, 1.807) is 26.8 Å². The number of rotatable bonds is 0. The number of carbonyl (C=O) groups is 1. The Morgan fingerprint density at radius 2 is 1.92 bits per heavy atom. The summed E-state index contributed by atoms with van der Waals surface area (Å²) in [6.45, 7) is 5.21. The summed E-state index contributed by atoms with van der Waals surface area (Å²) in [6.07, 6.45) is 1.69. The Labute approximate surface area is 81.7 Å². The van der Waals surface area contributed by atoms with Crippen LogP contribution in [0.4, 0.5) is 0 Å². The minimum atomic E-state index is -0.759. The number of carbonyl (C=O) groups excluding carboxylic acids is 1. The molecule has 0 aromatic heterocycles. The number of hydrogen-bond donors (Lipinski definition) is 0. The predicted octanol–water partition coefficient (Wildman–Crippen LogP) is 2.08. The molecule has 5 heteroatoms. The minimum absolute atomic E-state index is 0.215. The fraction of sp³-hybridized carbons (Fsp3) is 0.571. The molecule has 1 fully saturated rings. The lowest BCUT2D eigenvalue weighted by Gasteiger charge is -2.21. The molecule has 0 bridgehead atoms. The fourth-order valence-corrected chi connectivity index (χ4v) is 1.68. The first-order chi connectivity index (χ1) is 5.42. The van der Waals surface area contributed by atoms with E-state index in [0.717, 1.165) is 4.42 Å². The van der Waals surface area contributed by atoms with Crippen LogP contribution in [0.15, 0.2) is 11.9 Å². The highest BCUT2D eigenvalue weighted by Gasteiger charge is 2.47. The SMILES string of the molecule is CC=C1N(Cl)C(=O)C(C)(C)N1Cl. The summed E-state index contributed by atoms with van der Waals surface area (Å²) in [7, 11) is 0. The second kappa shape index (κ2) is 2.82. The van der Waals surface area contributed by atoms with E-state index in [1.165, 1.54) is 4.42 Å². The van der Waals surface area contributed by atoms with Gasteiger partial charge in [-0.3, -0.25) is 9.21 Å². The maximum atomic E-state index is 11.4. The van der Waals surface area contributed by atoms with E-state index in [4.69, 9.17) is 23.6 Å². The first-order valence-electron chi connectivity index (χ1n) is 3.55. The Balaban J connectivity index is 3.11. The van der Waals surface area contributed by atoms with Crippen molar-refractivity contribution in [2.75, 3.05) is 0 Å². The molecule has 0 aromatic rings. The Hall–Kier alpha value is -0.410. The van der Waals surface area contributed by atoms with Crippen molar-refractivity contribution in [3.8, 4) is 0 Å². The zero-order chi connectivity index (χ0) is 9.52. The number of amides is 1. The largest absolute Gasteiger partial charge is 0.270 e. The summed E-state index contributed by atoms with van der Waals surface area (Å²) in [5.41, 5.74) is -0.759. The van der Waals surface area contributed by atoms with E-state index in [0.29, 0.717) is 5.82 Å². The topological polar surface area (TPSA) is 23.6 Å². The average molecular weight is 209 g/mol. The summed E-state index contributed by atoms with van der Waals surface area (Å²) < 4.78 is 2.37. The summed E-state index contributed by atoms with van der Waals surface area (Å²) in [4.78, 5) is 11.4. The third kappa shape index (κ3) is 1.08. The first kappa shape index (κ1) is 9.68. The highest BCUT2D eigenvalue weighted by atomic mass is 35.5. The van der Waals surface area contributed by atoms with Gasteiger partial charge in [-0.1, -0.05) is 0 Å². The molecule has 0 aromatic carbocycles. The lowest BCUT2D eigenvalue weighted by Crippen LogP contribution is -2.37. The standard InChI is InChI=1S/C7H10Cl2N2O/c1-4-5-10(8)6(12)7(2,3)11(5)9/h4H,1-3H3. The third-order valence-corrected chi connectivity index (χ3v) is 2.78. The monoisotopic (exact) mass is 208 g/mol. The fourth-order valence-electron chi connectivity index (χ4n) is 1.02. The Morgan fingerprint density at radius 1 is 1.42 bits per heavy atom. The number of halogens is 2. The molecule has 1 aliphatic heterocycles. The third-order valence-electron chi connectivity index (χ3n) is 1.85. The van der Waals surface area contributed by atoms with Crippen molar-refractivity contribution in [3.63, 3.8) is 0 Å². The van der Waals surface area contributed by atoms with Gasteiger partial charge in [-0.25, -0.2) is 4.42 Å². The molecule has 1 amide bonds. The van der Waals surface area contributed by atoms with E-state index >= 15 is 0 Å². The van der Waals surface area contributed by atoms with Crippen molar-refractivity contribution in [1.29, 1.82) is 0 Å². The molecule has 0 saturated carbocycles. The predicted molar refractivity (Wildman–Crippen MR) is 48.2 cm³/mol. The van der Waals surface area contributed by atoms with E-state index in [2.05, 4.69) is 0 Å². The number of hydrogen-bond acceptors (Lipinski definition) is 2. The van der Waals surface area contributed by atoms with E-state index in [1.807, 2.05) is 0 Å². The van der Waals surface area contributed by atoms with E-state index < -0.39 is 5.54 Å². The molecule has 1 aliphatic rings. The van der Waals surface area contributed by atoms with Crippen LogP contribution in [-0.2, 0) is 4.79 Å². The van der Waals surface area contributed by atoms with Crippen molar-refractivity contribution < 1.29 is 4.79 Å². The number of allylic oxidation sites excluding steroid dienone is 1. The van der Waals surface area contributed by atoms with Crippen molar-refractivity contribution in [2.45, 2.75) is 26.3 Å². The van der Waals surface area contributed by atoms with Gasteiger partial charge in [0.25, 0.3) is 5.91 Å². The lowest BCUT2D eigenvalue weighted by molar-refractivity contribution is -0.128. The van der Waals surface area contributed by atoms with Gasteiger partial charge >= 0.3 is 0 Å². The van der Waals surface area contributed by atoms with Gasteiger partial charge in [0.1, 0.15) is 11.4 Å². The highest BCUT2D eigenvalue weighted by Crippen LogP contribution is 2.36. The van der Waals surface area contributed by atoms with E-state index in [-0.39, 0.29) is 5.91 Å². The van der Waals surface area contributed by atoms with Gasteiger partial charge in [0.2, 0.25) is 0 Å². The minimum Gasteiger partial charge on any atom is -0.270 e. The van der Waals surface area contributed by atoms with Gasteiger partial charge in [-0.05, 0) is 26.8 Å². The van der Waals surface area contributed by atoms with Gasteiger partial charge in [-0.2, -0.15) is 0 Å². The molecule has 1 heterocycles. The molecule has 1 rings (SSSR count). The zero-order valence-electron chi connectivity index (χ0n) is 7.14. The number of nitrogens with zero attached hydrogens (tertiary/aromatic N) is 2. The van der Waals surface area contributed by atoms with Crippen LogP contribution in [0.5, 0.6) is 0 Å². The van der Waals surface area contributed by atoms with Crippen molar-refractivity contribution in [2.24, 2.45) is 0 Å². The first-order valence-corrected chi connectivity index (χ1v) is 4.23. The van der Waals surface area contributed by atoms with Crippen molar-refractivity contribution in [1.82, 2.24) is 8.84 Å². The summed E-state index contributed by atoms with van der Waals surface area (Å²) in [5, 5.41) is 0. The van der Waals surface area contributed by atoms with Crippen LogP contribution in [0.1, 0.15) is 20.8 Å². The van der Waals surface area contributed by atoms with E-state index in [9.17, 15) is 4.79 Å². The van der Waals surface area contributed by atoms with Crippen LogP contribution >= 0.6 is 23.6 Å². The van der Waals surface area contributed by atoms with Crippen molar-refractivity contribution in [3.05, 3.63) is 11.9 Å². The van der Waals surface area contributed by atoms with Gasteiger partial charge in [0.05, 0.1) is 0 Å². The Morgan fingerprint density at radius 3 is 2.08 bits per heavy atom. The van der Waals surface area contributed by atoms with Gasteiger partial charge in [0, 0.05) is 23.6 Å². The average Bonchev–Trinajstić information content (AvgIpc) is 2.15. The maximum absolute atomic E-state index is 11.4. The van der Waals surface area contributed by atoms with Crippen LogP contribution in [0.3, 0.4) is 0 Å². The quantitative estimate of drug-likeness (QED) is 0.570. The molecule has 3 nitrogen and oxygen atoms in total. The highest BCUT2D eigenvalue weighted by molar-refractivity contribution is 6.28. The molecule has 0 aliphatic carbocycles. The molecule has 0 spiro atoms. The molecular weight excluding hydrogens is 199 g/mol. The summed E-state index contributed by atoms with van der Waals surface area (Å²) >= 11 is 11.6. The second-order valence-electron chi connectivity index (χ2n) is 3.07. The van der Waals surface area contributed by atoms with Gasteiger partial charge < -0.3 is 0 Å². The van der Waals surface area contributed by atoms with Crippen LogP contribution in [-0.4, -0.2) is 20.3 Å². The van der Waals surface area contributed by atoms with Gasteiger partial charge in [-0.15, -0.1) is 0 Å². The lowest BCUT2D eigenvalue weighted by atomic mass is 10.1. The Kier molecular flexibility index (Phi) is 2.27. The summed E-state index contributed by atoms with van der Waals surface area (Å²) in [6, 6.07) is 0. The molecule has 0 radical (unpaired) electrons. The van der Waals surface area contributed by atoms with Crippen LogP contribution in [0.25, 0.3) is 0 Å². The molecule has 0 unspecified atom stereocenters. The molecule has 0 atom stereocenters. The van der Waals surface area contributed by atoms with Crippen LogP contribution < -0.4 is 0 Å². The maximum Gasteiger partial charge on any atom is 0.269 e. The zero-order valence-corrected chi connectivity index (χ0v) is 8.65. The van der Waals surface area contributed by atoms with Crippen LogP contribution in [0.2, 0.25) is 0 Å². The van der Waals surface area contributed by atoms with Crippen molar-refractivity contribution >= 4 is 29.5 Å². The van der Waals surface area contributed by atoms with Crippen LogP contribution in [0, 0.1) is 0 Å². The molecule has 1 saturated heterocycles. The normalized spacial score (nSPS) is 25.8. The van der Waals surface area contributed by atoms with Gasteiger partial charge in [0.15, 0.2) is 0 Å². The molecule has 68 valence electrons. The smallest absolute Gasteiger partial charge is 0.269 e. The second-order valence-corrected chi connectivity index (χ2v) is 3.75.